The van der Waals surface area contributed by atoms with Crippen molar-refractivity contribution in [3.8, 4) is 6.07 Å². The Morgan fingerprint density at radius 1 is 1.29 bits per heavy atom. The first kappa shape index (κ1) is 20.6. The number of amides is 1. The van der Waals surface area contributed by atoms with Crippen LogP contribution in [-0.2, 0) is 14.3 Å². The SMILES string of the molecule is Cc1cc(/C=C(\C#N)C(=O)OCC(=O)c2ccc3c(c2)[C@H](C)C(=O)N3)c(C)n1C1CC1. The maximum atomic E-state index is 12.5. The van der Waals surface area contributed by atoms with E-state index in [1.54, 1.807) is 25.1 Å². The molecule has 0 saturated heterocycles. The van der Waals surface area contributed by atoms with Crippen molar-refractivity contribution in [2.75, 3.05) is 11.9 Å². The van der Waals surface area contributed by atoms with Crippen LogP contribution in [-0.4, -0.2) is 28.8 Å². The normalized spacial score (nSPS) is 17.7. The molecule has 7 nitrogen and oxygen atoms in total. The number of anilines is 1. The van der Waals surface area contributed by atoms with Crippen molar-refractivity contribution in [3.63, 3.8) is 0 Å². The second-order valence-corrected chi connectivity index (χ2v) is 8.11. The van der Waals surface area contributed by atoms with Gasteiger partial charge in [0.1, 0.15) is 11.6 Å². The van der Waals surface area contributed by atoms with Crippen LogP contribution in [0.1, 0.15) is 64.6 Å². The number of fused-ring (bicyclic) bond motifs is 1. The number of hydrogen-bond donors (Lipinski definition) is 1. The second-order valence-electron chi connectivity index (χ2n) is 8.11. The molecule has 0 unspecified atom stereocenters. The van der Waals surface area contributed by atoms with Gasteiger partial charge in [0.2, 0.25) is 5.91 Å². The van der Waals surface area contributed by atoms with Crippen LogP contribution in [0.3, 0.4) is 0 Å². The van der Waals surface area contributed by atoms with E-state index >= 15 is 0 Å². The zero-order valence-corrected chi connectivity index (χ0v) is 17.7. The Morgan fingerprint density at radius 2 is 2.03 bits per heavy atom. The van der Waals surface area contributed by atoms with Gasteiger partial charge in [0.05, 0.1) is 5.92 Å². The van der Waals surface area contributed by atoms with Gasteiger partial charge in [-0.1, -0.05) is 0 Å². The zero-order chi connectivity index (χ0) is 22.3. The van der Waals surface area contributed by atoms with Crippen LogP contribution < -0.4 is 5.32 Å². The van der Waals surface area contributed by atoms with Crippen LogP contribution in [0.25, 0.3) is 6.08 Å². The summed E-state index contributed by atoms with van der Waals surface area (Å²) < 4.78 is 7.35. The molecule has 2 aliphatic rings. The molecular weight excluding hydrogens is 394 g/mol. The number of rotatable bonds is 6. The Labute approximate surface area is 180 Å². The molecule has 1 fully saturated rings. The van der Waals surface area contributed by atoms with Gasteiger partial charge in [-0.25, -0.2) is 4.79 Å². The average Bonchev–Trinajstić information content (AvgIpc) is 3.49. The quantitative estimate of drug-likeness (QED) is 0.333. The number of esters is 1. The average molecular weight is 417 g/mol. The molecule has 1 N–H and O–H groups in total. The van der Waals surface area contributed by atoms with Gasteiger partial charge in [-0.15, -0.1) is 0 Å². The molecule has 158 valence electrons. The molecular formula is C24H23N3O4. The monoisotopic (exact) mass is 417 g/mol. The molecule has 1 atom stereocenters. The molecule has 0 spiro atoms. The number of benzene rings is 1. The van der Waals surface area contributed by atoms with Gasteiger partial charge in [0, 0.05) is 28.7 Å². The first-order valence-corrected chi connectivity index (χ1v) is 10.3. The Balaban J connectivity index is 1.45. The van der Waals surface area contributed by atoms with E-state index in [1.807, 2.05) is 26.0 Å². The maximum Gasteiger partial charge on any atom is 0.349 e. The van der Waals surface area contributed by atoms with Crippen molar-refractivity contribution in [3.05, 3.63) is 57.9 Å². The fraction of sp³-hybridized carbons (Fsp3) is 0.333. The van der Waals surface area contributed by atoms with Gasteiger partial charge in [0.15, 0.2) is 12.4 Å². The van der Waals surface area contributed by atoms with Crippen LogP contribution in [0.15, 0.2) is 29.8 Å². The summed E-state index contributed by atoms with van der Waals surface area (Å²) >= 11 is 0. The van der Waals surface area contributed by atoms with E-state index in [2.05, 4.69) is 9.88 Å². The molecule has 31 heavy (non-hydrogen) atoms. The van der Waals surface area contributed by atoms with E-state index in [0.717, 1.165) is 35.4 Å². The van der Waals surface area contributed by atoms with E-state index in [9.17, 15) is 19.6 Å². The molecule has 2 heterocycles. The Kier molecular flexibility index (Phi) is 5.24. The topological polar surface area (TPSA) is 101 Å². The highest BCUT2D eigenvalue weighted by Gasteiger charge is 2.28. The van der Waals surface area contributed by atoms with Crippen LogP contribution >= 0.6 is 0 Å². The number of carbonyl (C=O) groups excluding carboxylic acids is 3. The number of ketones is 1. The highest BCUT2D eigenvalue weighted by Crippen LogP contribution is 2.38. The third kappa shape index (κ3) is 3.89. The third-order valence-corrected chi connectivity index (χ3v) is 5.90. The van der Waals surface area contributed by atoms with Gasteiger partial charge in [-0.2, -0.15) is 5.26 Å². The molecule has 1 amide bonds. The van der Waals surface area contributed by atoms with E-state index in [4.69, 9.17) is 4.74 Å². The number of hydrogen-bond acceptors (Lipinski definition) is 5. The summed E-state index contributed by atoms with van der Waals surface area (Å²) in [6, 6.07) is 9.22. The lowest BCUT2D eigenvalue weighted by molar-refractivity contribution is -0.137. The first-order chi connectivity index (χ1) is 14.8. The molecule has 0 bridgehead atoms. The van der Waals surface area contributed by atoms with E-state index in [-0.39, 0.29) is 17.4 Å². The lowest BCUT2D eigenvalue weighted by atomic mass is 9.99. The largest absolute Gasteiger partial charge is 0.453 e. The van der Waals surface area contributed by atoms with Crippen LogP contribution in [0.5, 0.6) is 0 Å². The summed E-state index contributed by atoms with van der Waals surface area (Å²) in [5, 5.41) is 12.2. The Hall–Kier alpha value is -3.66. The van der Waals surface area contributed by atoms with Crippen molar-refractivity contribution in [1.82, 2.24) is 4.57 Å². The van der Waals surface area contributed by atoms with Crippen molar-refractivity contribution >= 4 is 29.4 Å². The predicted molar refractivity (Wildman–Crippen MR) is 115 cm³/mol. The molecule has 4 rings (SSSR count). The molecule has 1 aromatic carbocycles. The molecule has 1 aliphatic carbocycles. The first-order valence-electron chi connectivity index (χ1n) is 10.3. The summed E-state index contributed by atoms with van der Waals surface area (Å²) in [6.45, 7) is 5.26. The smallest absolute Gasteiger partial charge is 0.349 e. The minimum absolute atomic E-state index is 0.115. The zero-order valence-electron chi connectivity index (χ0n) is 17.7. The number of nitrogens with one attached hydrogen (secondary N) is 1. The molecule has 1 saturated carbocycles. The lowest BCUT2D eigenvalue weighted by Gasteiger charge is -2.07. The number of nitriles is 1. The molecule has 0 radical (unpaired) electrons. The van der Waals surface area contributed by atoms with Crippen LogP contribution in [0, 0.1) is 25.2 Å². The van der Waals surface area contributed by atoms with Crippen LogP contribution in [0.2, 0.25) is 0 Å². The minimum atomic E-state index is -0.835. The molecule has 1 aromatic heterocycles. The summed E-state index contributed by atoms with van der Waals surface area (Å²) in [5.74, 6) is -1.69. The van der Waals surface area contributed by atoms with Crippen molar-refractivity contribution in [1.29, 1.82) is 5.26 Å². The summed E-state index contributed by atoms with van der Waals surface area (Å²) in [5.41, 5.74) is 4.52. The third-order valence-electron chi connectivity index (χ3n) is 5.90. The number of Topliss-reactive ketones (excluding diaryl/α,β-unsaturated/α-hetero) is 1. The summed E-state index contributed by atoms with van der Waals surface area (Å²) in [7, 11) is 0. The van der Waals surface area contributed by atoms with Crippen molar-refractivity contribution in [2.45, 2.75) is 45.6 Å². The van der Waals surface area contributed by atoms with E-state index in [0.29, 0.717) is 17.3 Å². The number of aromatic nitrogens is 1. The van der Waals surface area contributed by atoms with Crippen molar-refractivity contribution in [2.24, 2.45) is 0 Å². The lowest BCUT2D eigenvalue weighted by Crippen LogP contribution is -2.15. The number of aryl methyl sites for hydroxylation is 1. The van der Waals surface area contributed by atoms with Gasteiger partial charge in [0.25, 0.3) is 0 Å². The Morgan fingerprint density at radius 3 is 2.71 bits per heavy atom. The number of carbonyl (C=O) groups is 3. The molecule has 2 aromatic rings. The fourth-order valence-corrected chi connectivity index (χ4v) is 4.02. The summed E-state index contributed by atoms with van der Waals surface area (Å²) in [6.07, 6.45) is 3.79. The van der Waals surface area contributed by atoms with E-state index in [1.165, 1.54) is 6.08 Å². The van der Waals surface area contributed by atoms with Crippen LogP contribution in [0.4, 0.5) is 5.69 Å². The summed E-state index contributed by atoms with van der Waals surface area (Å²) in [4.78, 5) is 36.7. The van der Waals surface area contributed by atoms with Crippen molar-refractivity contribution < 1.29 is 19.1 Å². The number of nitrogens with zero attached hydrogens (tertiary/aromatic N) is 2. The molecule has 1 aliphatic heterocycles. The van der Waals surface area contributed by atoms with Gasteiger partial charge in [-0.3, -0.25) is 9.59 Å². The van der Waals surface area contributed by atoms with E-state index < -0.39 is 18.4 Å². The number of ether oxygens (including phenoxy) is 1. The highest BCUT2D eigenvalue weighted by molar-refractivity contribution is 6.05. The molecule has 7 heteroatoms. The second kappa shape index (κ2) is 7.88. The van der Waals surface area contributed by atoms with Gasteiger partial charge < -0.3 is 14.6 Å². The minimum Gasteiger partial charge on any atom is -0.453 e. The fourth-order valence-electron chi connectivity index (χ4n) is 4.02. The standard InChI is InChI=1S/C24H23N3O4/c1-13-8-17(15(3)27(13)19-5-6-19)9-18(11-25)24(30)31-12-22(28)16-4-7-21-20(10-16)14(2)23(29)26-21/h4,7-10,14,19H,5-6,12H2,1-3H3,(H,26,29)/b18-9+/t14-/m0/s1. The van der Waals surface area contributed by atoms with Gasteiger partial charge in [-0.05, 0) is 75.1 Å². The van der Waals surface area contributed by atoms with Gasteiger partial charge >= 0.3 is 5.97 Å². The highest BCUT2D eigenvalue weighted by atomic mass is 16.5. The predicted octanol–water partition coefficient (Wildman–Crippen LogP) is 3.83. The maximum absolute atomic E-state index is 12.5. The Bertz CT molecular complexity index is 1180.